The Morgan fingerprint density at radius 1 is 1.26 bits per heavy atom. The van der Waals surface area contributed by atoms with Gasteiger partial charge in [0, 0.05) is 37.0 Å². The van der Waals surface area contributed by atoms with Gasteiger partial charge in [0.05, 0.1) is 0 Å². The number of nitrogens with one attached hydrogen (secondary N) is 1. The Morgan fingerprint density at radius 2 is 2.09 bits per heavy atom. The molecular formula is C18H19N3O2. The summed E-state index contributed by atoms with van der Waals surface area (Å²) in [5, 5.41) is 0. The van der Waals surface area contributed by atoms with E-state index in [0.717, 1.165) is 30.6 Å². The van der Waals surface area contributed by atoms with Gasteiger partial charge in [-0.2, -0.15) is 0 Å². The Kier molecular flexibility index (Phi) is 4.66. The van der Waals surface area contributed by atoms with E-state index < -0.39 is 0 Å². The molecule has 2 aromatic rings. The lowest BCUT2D eigenvalue weighted by Gasteiger charge is -2.32. The maximum Gasteiger partial charge on any atom is 0.345 e. The third-order valence-corrected chi connectivity index (χ3v) is 4.09. The Hall–Kier alpha value is -2.69. The summed E-state index contributed by atoms with van der Waals surface area (Å²) < 4.78 is 0. The lowest BCUT2D eigenvalue weighted by Crippen LogP contribution is -2.38. The number of hydrogen-bond acceptors (Lipinski definition) is 3. The standard InChI is InChI=1S/C18H19N3O2/c22-17(9-8-14-5-2-1-3-6-14)21-12-4-7-15(13-21)16-10-11-19-18(23)20-16/h1-3,5-6,8-11,15H,4,7,12-13H2,(H,19,20,23)/b9-8+/t15-/m1/s1. The van der Waals surface area contributed by atoms with Crippen LogP contribution in [0.2, 0.25) is 0 Å². The second-order valence-corrected chi connectivity index (χ2v) is 5.70. The predicted molar refractivity (Wildman–Crippen MR) is 88.9 cm³/mol. The highest BCUT2D eigenvalue weighted by Gasteiger charge is 2.24. The minimum atomic E-state index is -0.338. The molecule has 5 nitrogen and oxygen atoms in total. The number of H-pyrrole nitrogens is 1. The van der Waals surface area contributed by atoms with Gasteiger partial charge in [0.25, 0.3) is 0 Å². The van der Waals surface area contributed by atoms with Gasteiger partial charge in [-0.1, -0.05) is 30.3 Å². The molecule has 0 spiro atoms. The summed E-state index contributed by atoms with van der Waals surface area (Å²) in [6, 6.07) is 11.6. The highest BCUT2D eigenvalue weighted by atomic mass is 16.2. The van der Waals surface area contributed by atoms with Crippen molar-refractivity contribution in [2.45, 2.75) is 18.8 Å². The van der Waals surface area contributed by atoms with E-state index in [1.807, 2.05) is 47.4 Å². The zero-order chi connectivity index (χ0) is 16.1. The van der Waals surface area contributed by atoms with Gasteiger partial charge >= 0.3 is 5.69 Å². The molecule has 1 fully saturated rings. The Morgan fingerprint density at radius 3 is 2.87 bits per heavy atom. The maximum absolute atomic E-state index is 12.4. The van der Waals surface area contributed by atoms with Crippen molar-refractivity contribution in [3.8, 4) is 0 Å². The summed E-state index contributed by atoms with van der Waals surface area (Å²) in [6.07, 6.45) is 6.86. The molecule has 2 heterocycles. The second-order valence-electron chi connectivity index (χ2n) is 5.70. The van der Waals surface area contributed by atoms with E-state index in [2.05, 4.69) is 9.97 Å². The molecule has 0 saturated carbocycles. The van der Waals surface area contributed by atoms with E-state index in [1.54, 1.807) is 6.08 Å². The molecule has 1 aliphatic rings. The summed E-state index contributed by atoms with van der Waals surface area (Å²) in [4.78, 5) is 32.0. The van der Waals surface area contributed by atoms with Gasteiger partial charge in [-0.25, -0.2) is 9.78 Å². The number of carbonyl (C=O) groups excluding carboxylic acids is 1. The van der Waals surface area contributed by atoms with Crippen molar-refractivity contribution in [1.29, 1.82) is 0 Å². The normalized spacial score (nSPS) is 18.3. The fraction of sp³-hybridized carbons (Fsp3) is 0.278. The van der Waals surface area contributed by atoms with E-state index in [9.17, 15) is 9.59 Å². The Labute approximate surface area is 134 Å². The fourth-order valence-corrected chi connectivity index (χ4v) is 2.89. The van der Waals surface area contributed by atoms with E-state index in [0.29, 0.717) is 6.54 Å². The van der Waals surface area contributed by atoms with Gasteiger partial charge in [0.2, 0.25) is 5.91 Å². The largest absolute Gasteiger partial charge is 0.345 e. The Bertz CT molecular complexity index is 752. The average molecular weight is 309 g/mol. The molecule has 1 atom stereocenters. The number of amides is 1. The van der Waals surface area contributed by atoms with Gasteiger partial charge in [0.1, 0.15) is 0 Å². The molecule has 3 rings (SSSR count). The van der Waals surface area contributed by atoms with Crippen LogP contribution in [-0.4, -0.2) is 33.9 Å². The smallest absolute Gasteiger partial charge is 0.338 e. The minimum absolute atomic E-state index is 0.00922. The summed E-state index contributed by atoms with van der Waals surface area (Å²) >= 11 is 0. The number of nitrogens with zero attached hydrogens (tertiary/aromatic N) is 2. The van der Waals surface area contributed by atoms with Crippen LogP contribution < -0.4 is 5.69 Å². The maximum atomic E-state index is 12.4. The van der Waals surface area contributed by atoms with Gasteiger partial charge in [-0.3, -0.25) is 4.79 Å². The van der Waals surface area contributed by atoms with Crippen molar-refractivity contribution >= 4 is 12.0 Å². The van der Waals surface area contributed by atoms with E-state index in [4.69, 9.17) is 0 Å². The monoisotopic (exact) mass is 309 g/mol. The minimum Gasteiger partial charge on any atom is -0.338 e. The van der Waals surface area contributed by atoms with Crippen molar-refractivity contribution in [3.63, 3.8) is 0 Å². The number of hydrogen-bond donors (Lipinski definition) is 1. The number of benzene rings is 1. The molecule has 1 amide bonds. The van der Waals surface area contributed by atoms with Crippen LogP contribution in [0.3, 0.4) is 0 Å². The molecule has 1 N–H and O–H groups in total. The van der Waals surface area contributed by atoms with Crippen LogP contribution >= 0.6 is 0 Å². The van der Waals surface area contributed by atoms with E-state index >= 15 is 0 Å². The van der Waals surface area contributed by atoms with Crippen molar-refractivity contribution in [2.75, 3.05) is 13.1 Å². The highest BCUT2D eigenvalue weighted by molar-refractivity contribution is 5.91. The van der Waals surface area contributed by atoms with E-state index in [-0.39, 0.29) is 17.5 Å². The highest BCUT2D eigenvalue weighted by Crippen LogP contribution is 2.24. The third kappa shape index (κ3) is 3.94. The number of aromatic amines is 1. The molecule has 1 saturated heterocycles. The molecule has 23 heavy (non-hydrogen) atoms. The average Bonchev–Trinajstić information content (AvgIpc) is 2.61. The Balaban J connectivity index is 1.67. The zero-order valence-electron chi connectivity index (χ0n) is 12.8. The van der Waals surface area contributed by atoms with Gasteiger partial charge in [0.15, 0.2) is 0 Å². The topological polar surface area (TPSA) is 66.1 Å². The van der Waals surface area contributed by atoms with Crippen LogP contribution in [0.25, 0.3) is 6.08 Å². The van der Waals surface area contributed by atoms with Crippen LogP contribution in [0, 0.1) is 0 Å². The third-order valence-electron chi connectivity index (χ3n) is 4.09. The summed E-state index contributed by atoms with van der Waals surface area (Å²) in [5.74, 6) is 0.170. The SMILES string of the molecule is O=C(/C=C/c1ccccc1)N1CCC[C@@H](c2ccnc(=O)[nH]2)C1. The van der Waals surface area contributed by atoms with Crippen LogP contribution in [-0.2, 0) is 4.79 Å². The van der Waals surface area contributed by atoms with Gasteiger partial charge < -0.3 is 9.88 Å². The molecule has 5 heteroatoms. The molecule has 0 aliphatic carbocycles. The van der Waals surface area contributed by atoms with Crippen LogP contribution in [0.5, 0.6) is 0 Å². The van der Waals surface area contributed by atoms with Gasteiger partial charge in [-0.05, 0) is 30.5 Å². The first kappa shape index (κ1) is 15.2. The van der Waals surface area contributed by atoms with Crippen molar-refractivity contribution in [1.82, 2.24) is 14.9 Å². The van der Waals surface area contributed by atoms with Crippen molar-refractivity contribution in [2.24, 2.45) is 0 Å². The molecule has 1 aromatic carbocycles. The van der Waals surface area contributed by atoms with Crippen molar-refractivity contribution < 1.29 is 4.79 Å². The number of likely N-dealkylation sites (tertiary alicyclic amines) is 1. The molecule has 0 bridgehead atoms. The molecule has 1 aromatic heterocycles. The molecule has 118 valence electrons. The van der Waals surface area contributed by atoms with Crippen LogP contribution in [0.15, 0.2) is 53.5 Å². The second kappa shape index (κ2) is 7.05. The zero-order valence-corrected chi connectivity index (χ0v) is 12.8. The number of aromatic nitrogens is 2. The lowest BCUT2D eigenvalue weighted by molar-refractivity contribution is -0.127. The number of carbonyl (C=O) groups is 1. The first-order valence-corrected chi connectivity index (χ1v) is 7.79. The summed E-state index contributed by atoms with van der Waals surface area (Å²) in [6.45, 7) is 1.38. The van der Waals surface area contributed by atoms with Crippen LogP contribution in [0.4, 0.5) is 0 Å². The first-order valence-electron chi connectivity index (χ1n) is 7.79. The predicted octanol–water partition coefficient (Wildman–Crippen LogP) is 2.19. The van der Waals surface area contributed by atoms with E-state index in [1.165, 1.54) is 6.20 Å². The lowest BCUT2D eigenvalue weighted by atomic mass is 9.94. The summed E-state index contributed by atoms with van der Waals surface area (Å²) in [7, 11) is 0. The molecular weight excluding hydrogens is 290 g/mol. The fourth-order valence-electron chi connectivity index (χ4n) is 2.89. The summed E-state index contributed by atoms with van der Waals surface area (Å²) in [5.41, 5.74) is 1.53. The number of piperidine rings is 1. The first-order chi connectivity index (χ1) is 11.2. The molecule has 0 unspecified atom stereocenters. The molecule has 1 aliphatic heterocycles. The van der Waals surface area contributed by atoms with Crippen LogP contribution in [0.1, 0.15) is 30.0 Å². The number of rotatable bonds is 3. The quantitative estimate of drug-likeness (QED) is 0.884. The van der Waals surface area contributed by atoms with Gasteiger partial charge in [-0.15, -0.1) is 0 Å². The van der Waals surface area contributed by atoms with Crippen molar-refractivity contribution in [3.05, 3.63) is 70.4 Å². The molecule has 0 radical (unpaired) electrons.